The minimum atomic E-state index is -0.182. The minimum absolute atomic E-state index is 0.182. The predicted octanol–water partition coefficient (Wildman–Crippen LogP) is 2.86. The summed E-state index contributed by atoms with van der Waals surface area (Å²) in [4.78, 5) is 16.4. The quantitative estimate of drug-likeness (QED) is 0.716. The van der Waals surface area contributed by atoms with E-state index in [1.165, 1.54) is 0 Å². The summed E-state index contributed by atoms with van der Waals surface area (Å²) in [6.07, 6.45) is 1.60. The molecular formula is C13H8ClNO2. The third-order valence-corrected chi connectivity index (χ3v) is 3.01. The van der Waals surface area contributed by atoms with Gasteiger partial charge in [-0.2, -0.15) is 0 Å². The fourth-order valence-corrected chi connectivity index (χ4v) is 2.13. The lowest BCUT2D eigenvalue weighted by molar-refractivity contribution is 0.103. The number of aromatic nitrogens is 1. The SMILES string of the molecule is O=C1c2ncccc2COc2cccc(Cl)c21. The van der Waals surface area contributed by atoms with Gasteiger partial charge in [0, 0.05) is 11.8 Å². The second kappa shape index (κ2) is 3.86. The van der Waals surface area contributed by atoms with Crippen molar-refractivity contribution in [3.8, 4) is 5.75 Å². The molecule has 0 unspecified atom stereocenters. The molecule has 4 heteroatoms. The van der Waals surface area contributed by atoms with Crippen molar-refractivity contribution in [3.05, 3.63) is 58.4 Å². The summed E-state index contributed by atoms with van der Waals surface area (Å²) < 4.78 is 5.58. The molecule has 0 amide bonds. The molecule has 0 saturated carbocycles. The first kappa shape index (κ1) is 10.3. The van der Waals surface area contributed by atoms with Crippen LogP contribution < -0.4 is 4.74 Å². The summed E-state index contributed by atoms with van der Waals surface area (Å²) in [5.41, 5.74) is 1.59. The van der Waals surface area contributed by atoms with Gasteiger partial charge in [0.25, 0.3) is 0 Å². The molecule has 0 saturated heterocycles. The van der Waals surface area contributed by atoms with E-state index >= 15 is 0 Å². The summed E-state index contributed by atoms with van der Waals surface area (Å²) in [7, 11) is 0. The van der Waals surface area contributed by atoms with E-state index in [1.54, 1.807) is 30.5 Å². The summed E-state index contributed by atoms with van der Waals surface area (Å²) >= 11 is 6.05. The van der Waals surface area contributed by atoms with Crippen LogP contribution in [0.1, 0.15) is 21.6 Å². The lowest BCUT2D eigenvalue weighted by Crippen LogP contribution is -2.05. The highest BCUT2D eigenvalue weighted by Gasteiger charge is 2.25. The number of ketones is 1. The van der Waals surface area contributed by atoms with Crippen LogP contribution in [0, 0.1) is 0 Å². The Labute approximate surface area is 103 Å². The highest BCUT2D eigenvalue weighted by molar-refractivity contribution is 6.35. The van der Waals surface area contributed by atoms with Crippen LogP contribution in [0.5, 0.6) is 5.75 Å². The van der Waals surface area contributed by atoms with Crippen LogP contribution in [0.25, 0.3) is 0 Å². The lowest BCUT2D eigenvalue weighted by atomic mass is 10.0. The van der Waals surface area contributed by atoms with Crippen molar-refractivity contribution in [3.63, 3.8) is 0 Å². The van der Waals surface area contributed by atoms with Crippen LogP contribution >= 0.6 is 11.6 Å². The van der Waals surface area contributed by atoms with E-state index in [1.807, 2.05) is 6.07 Å². The first-order valence-electron chi connectivity index (χ1n) is 5.17. The van der Waals surface area contributed by atoms with Gasteiger partial charge in [-0.25, -0.2) is 0 Å². The zero-order valence-electron chi connectivity index (χ0n) is 8.81. The largest absolute Gasteiger partial charge is 0.488 e. The molecule has 17 heavy (non-hydrogen) atoms. The molecule has 2 heterocycles. The van der Waals surface area contributed by atoms with E-state index in [4.69, 9.17) is 16.3 Å². The third kappa shape index (κ3) is 1.59. The minimum Gasteiger partial charge on any atom is -0.488 e. The normalized spacial score (nSPS) is 13.4. The van der Waals surface area contributed by atoms with Crippen LogP contribution in [0.3, 0.4) is 0 Å². The van der Waals surface area contributed by atoms with Crippen molar-refractivity contribution in [2.75, 3.05) is 0 Å². The lowest BCUT2D eigenvalue weighted by Gasteiger charge is -2.06. The number of ether oxygens (including phenoxy) is 1. The number of carbonyl (C=O) groups excluding carboxylic acids is 1. The van der Waals surface area contributed by atoms with Gasteiger partial charge in [-0.3, -0.25) is 9.78 Å². The van der Waals surface area contributed by atoms with E-state index in [-0.39, 0.29) is 5.78 Å². The maximum atomic E-state index is 12.3. The topological polar surface area (TPSA) is 39.2 Å². The Morgan fingerprint density at radius 1 is 1.24 bits per heavy atom. The maximum absolute atomic E-state index is 12.3. The fourth-order valence-electron chi connectivity index (χ4n) is 1.88. The molecule has 1 aliphatic rings. The van der Waals surface area contributed by atoms with Crippen molar-refractivity contribution in [1.82, 2.24) is 4.98 Å². The summed E-state index contributed by atoms with van der Waals surface area (Å²) in [5, 5.41) is 0.394. The summed E-state index contributed by atoms with van der Waals surface area (Å²) in [6.45, 7) is 0.336. The van der Waals surface area contributed by atoms with Crippen LogP contribution in [0.4, 0.5) is 0 Å². The van der Waals surface area contributed by atoms with E-state index in [9.17, 15) is 4.79 Å². The number of halogens is 1. The standard InChI is InChI=1S/C13H8ClNO2/c14-9-4-1-5-10-11(9)13(16)12-8(7-17-10)3-2-6-15-12/h1-6H,7H2. The number of fused-ring (bicyclic) bond motifs is 2. The van der Waals surface area contributed by atoms with Crippen molar-refractivity contribution in [2.24, 2.45) is 0 Å². The highest BCUT2D eigenvalue weighted by Crippen LogP contribution is 2.32. The Morgan fingerprint density at radius 3 is 3.00 bits per heavy atom. The maximum Gasteiger partial charge on any atom is 0.216 e. The average Bonchev–Trinajstić information content (AvgIpc) is 2.49. The molecule has 84 valence electrons. The molecule has 0 N–H and O–H groups in total. The number of nitrogens with zero attached hydrogens (tertiary/aromatic N) is 1. The third-order valence-electron chi connectivity index (χ3n) is 2.69. The van der Waals surface area contributed by atoms with Gasteiger partial charge in [0.15, 0.2) is 0 Å². The molecule has 0 radical (unpaired) electrons. The van der Waals surface area contributed by atoms with Crippen LogP contribution in [0.15, 0.2) is 36.5 Å². The molecule has 3 rings (SSSR count). The number of benzene rings is 1. The molecule has 1 aromatic carbocycles. The van der Waals surface area contributed by atoms with Gasteiger partial charge in [0.05, 0.1) is 10.6 Å². The van der Waals surface area contributed by atoms with Crippen LogP contribution in [0.2, 0.25) is 5.02 Å². The zero-order chi connectivity index (χ0) is 11.8. The molecule has 3 nitrogen and oxygen atoms in total. The van der Waals surface area contributed by atoms with Gasteiger partial charge in [0.1, 0.15) is 18.1 Å². The molecule has 0 aliphatic carbocycles. The molecule has 1 aromatic heterocycles. The average molecular weight is 246 g/mol. The van der Waals surface area contributed by atoms with Gasteiger partial charge in [-0.1, -0.05) is 23.7 Å². The van der Waals surface area contributed by atoms with Gasteiger partial charge >= 0.3 is 0 Å². The Bertz CT molecular complexity index is 610. The van der Waals surface area contributed by atoms with E-state index in [2.05, 4.69) is 4.98 Å². The molecule has 0 atom stereocenters. The summed E-state index contributed by atoms with van der Waals surface area (Å²) in [6, 6.07) is 8.80. The first-order chi connectivity index (χ1) is 8.27. The number of carbonyl (C=O) groups is 1. The Balaban J connectivity index is 2.26. The molecule has 0 spiro atoms. The second-order valence-electron chi connectivity index (χ2n) is 3.74. The molecular weight excluding hydrogens is 238 g/mol. The monoisotopic (exact) mass is 245 g/mol. The Morgan fingerprint density at radius 2 is 2.12 bits per heavy atom. The van der Waals surface area contributed by atoms with Gasteiger partial charge in [-0.15, -0.1) is 0 Å². The molecule has 1 aliphatic heterocycles. The van der Waals surface area contributed by atoms with Crippen molar-refractivity contribution in [1.29, 1.82) is 0 Å². The van der Waals surface area contributed by atoms with Crippen molar-refractivity contribution < 1.29 is 9.53 Å². The smallest absolute Gasteiger partial charge is 0.216 e. The van der Waals surface area contributed by atoms with Crippen LogP contribution in [-0.2, 0) is 6.61 Å². The summed E-state index contributed by atoms with van der Waals surface area (Å²) in [5.74, 6) is 0.333. The first-order valence-corrected chi connectivity index (χ1v) is 5.55. The Hall–Kier alpha value is -1.87. The molecule has 2 aromatic rings. The number of rotatable bonds is 0. The van der Waals surface area contributed by atoms with Gasteiger partial charge < -0.3 is 4.74 Å². The van der Waals surface area contributed by atoms with E-state index < -0.39 is 0 Å². The van der Waals surface area contributed by atoms with Gasteiger partial charge in [0.2, 0.25) is 5.78 Å². The number of hydrogen-bond donors (Lipinski definition) is 0. The predicted molar refractivity (Wildman–Crippen MR) is 63.5 cm³/mol. The molecule has 0 bridgehead atoms. The van der Waals surface area contributed by atoms with Crippen molar-refractivity contribution in [2.45, 2.75) is 6.61 Å². The molecule has 0 fully saturated rings. The van der Waals surface area contributed by atoms with Crippen LogP contribution in [-0.4, -0.2) is 10.8 Å². The van der Waals surface area contributed by atoms with Crippen molar-refractivity contribution >= 4 is 17.4 Å². The van der Waals surface area contributed by atoms with E-state index in [0.29, 0.717) is 28.6 Å². The number of hydrogen-bond acceptors (Lipinski definition) is 3. The van der Waals surface area contributed by atoms with Gasteiger partial charge in [-0.05, 0) is 18.2 Å². The zero-order valence-corrected chi connectivity index (χ0v) is 9.57. The highest BCUT2D eigenvalue weighted by atomic mass is 35.5. The number of pyridine rings is 1. The fraction of sp³-hybridized carbons (Fsp3) is 0.0769. The van der Waals surface area contributed by atoms with E-state index in [0.717, 1.165) is 5.56 Å². The Kier molecular flexibility index (Phi) is 2.34. The second-order valence-corrected chi connectivity index (χ2v) is 4.15.